The smallest absolute Gasteiger partial charge is 0.364 e. The Labute approximate surface area is 211 Å². The van der Waals surface area contributed by atoms with Crippen molar-refractivity contribution in [2.75, 3.05) is 18.0 Å². The minimum atomic E-state index is -4.67. The van der Waals surface area contributed by atoms with Crippen molar-refractivity contribution >= 4 is 16.7 Å². The largest absolute Gasteiger partial charge is 0.417 e. The Bertz CT molecular complexity index is 1390. The molecule has 0 aliphatic carbocycles. The first kappa shape index (κ1) is 26.6. The van der Waals surface area contributed by atoms with Crippen LogP contribution < -0.4 is 10.5 Å². The van der Waals surface area contributed by atoms with E-state index in [0.29, 0.717) is 54.9 Å². The molecule has 1 saturated heterocycles. The molecule has 0 N–H and O–H groups in total. The molecular weight excluding hydrogens is 490 g/mol. The van der Waals surface area contributed by atoms with Crippen molar-refractivity contribution < 1.29 is 17.6 Å². The molecule has 0 amide bonds. The van der Waals surface area contributed by atoms with E-state index in [1.54, 1.807) is 26.2 Å². The van der Waals surface area contributed by atoms with Crippen molar-refractivity contribution in [1.82, 2.24) is 24.2 Å². The second kappa shape index (κ2) is 10.1. The number of aryl methyl sites for hydroxylation is 1. The molecule has 0 saturated carbocycles. The van der Waals surface area contributed by atoms with E-state index in [1.165, 1.54) is 9.25 Å². The number of hydrogen-bond donors (Lipinski definition) is 0. The highest BCUT2D eigenvalue weighted by atomic mass is 19.4. The number of halogens is 4. The summed E-state index contributed by atoms with van der Waals surface area (Å²) in [6, 6.07) is 3.41. The zero-order chi connectivity index (χ0) is 27.1. The van der Waals surface area contributed by atoms with Crippen LogP contribution in [0, 0.1) is 17.1 Å². The number of pyridine rings is 2. The van der Waals surface area contributed by atoms with E-state index >= 15 is 0 Å². The van der Waals surface area contributed by atoms with Gasteiger partial charge in [0, 0.05) is 44.5 Å². The molecule has 1 unspecified atom stereocenters. The van der Waals surface area contributed by atoms with Gasteiger partial charge in [-0.2, -0.15) is 23.5 Å². The van der Waals surface area contributed by atoms with Gasteiger partial charge in [0.15, 0.2) is 0 Å². The molecule has 4 heterocycles. The average molecular weight is 520 g/mol. The van der Waals surface area contributed by atoms with E-state index in [9.17, 15) is 22.4 Å². The zero-order valence-electron chi connectivity index (χ0n) is 21.1. The van der Waals surface area contributed by atoms with Crippen LogP contribution in [0.4, 0.5) is 23.2 Å². The van der Waals surface area contributed by atoms with Crippen LogP contribution in [0.15, 0.2) is 29.3 Å². The van der Waals surface area contributed by atoms with E-state index in [0.717, 1.165) is 0 Å². The predicted octanol–water partition coefficient (Wildman–Crippen LogP) is 4.25. The molecule has 0 radical (unpaired) electrons. The maximum atomic E-state index is 14.8. The van der Waals surface area contributed by atoms with Gasteiger partial charge in [0.2, 0.25) is 0 Å². The lowest BCUT2D eigenvalue weighted by molar-refractivity contribution is -0.138. The Hall–Kier alpha value is -3.46. The van der Waals surface area contributed by atoms with Gasteiger partial charge >= 0.3 is 6.18 Å². The van der Waals surface area contributed by atoms with Gasteiger partial charge in [-0.05, 0) is 25.8 Å². The fourth-order valence-electron chi connectivity index (χ4n) is 5.13. The molecule has 4 rings (SSSR count). The summed E-state index contributed by atoms with van der Waals surface area (Å²) in [7, 11) is 1.66. The molecule has 8 nitrogen and oxygen atoms in total. The summed E-state index contributed by atoms with van der Waals surface area (Å²) in [6.07, 6.45) is -0.913. The summed E-state index contributed by atoms with van der Waals surface area (Å²) in [5.74, 6) is -0.982. The Kier molecular flexibility index (Phi) is 7.28. The second-order valence-electron chi connectivity index (χ2n) is 9.38. The molecule has 198 valence electrons. The van der Waals surface area contributed by atoms with Gasteiger partial charge in [-0.3, -0.25) is 19.4 Å². The lowest BCUT2D eigenvalue weighted by Gasteiger charge is -2.49. The van der Waals surface area contributed by atoms with Crippen LogP contribution in [0.3, 0.4) is 0 Å². The summed E-state index contributed by atoms with van der Waals surface area (Å²) >= 11 is 0. The molecule has 12 heteroatoms. The predicted molar refractivity (Wildman–Crippen MR) is 130 cm³/mol. The van der Waals surface area contributed by atoms with Gasteiger partial charge < -0.3 is 9.47 Å². The Morgan fingerprint density at radius 3 is 2.49 bits per heavy atom. The fourth-order valence-corrected chi connectivity index (χ4v) is 5.13. The van der Waals surface area contributed by atoms with E-state index in [-0.39, 0.29) is 29.9 Å². The number of nitriles is 1. The normalized spacial score (nSPS) is 19.8. The molecule has 3 atom stereocenters. The first-order valence-electron chi connectivity index (χ1n) is 12.2. The Morgan fingerprint density at radius 2 is 1.89 bits per heavy atom. The quantitative estimate of drug-likeness (QED) is 0.453. The monoisotopic (exact) mass is 519 g/mol. The van der Waals surface area contributed by atoms with Crippen molar-refractivity contribution in [2.45, 2.75) is 64.5 Å². The van der Waals surface area contributed by atoms with Crippen molar-refractivity contribution in [2.24, 2.45) is 7.05 Å². The molecular formula is C25H29F4N7O. The molecule has 1 aliphatic rings. The average Bonchev–Trinajstić information content (AvgIpc) is 3.28. The number of nitrogens with zero attached hydrogens (tertiary/aromatic N) is 7. The van der Waals surface area contributed by atoms with Crippen LogP contribution in [0.1, 0.15) is 50.9 Å². The molecule has 1 fully saturated rings. The van der Waals surface area contributed by atoms with Crippen LogP contribution in [-0.4, -0.2) is 49.4 Å². The highest BCUT2D eigenvalue weighted by Gasteiger charge is 2.38. The van der Waals surface area contributed by atoms with Gasteiger partial charge in [0.1, 0.15) is 17.9 Å². The summed E-state index contributed by atoms with van der Waals surface area (Å²) in [4.78, 5) is 20.9. The molecule has 3 aromatic heterocycles. The summed E-state index contributed by atoms with van der Waals surface area (Å²) in [6.45, 7) is 6.81. The fraction of sp³-hybridized carbons (Fsp3) is 0.520. The Balaban J connectivity index is 1.70. The number of hydrogen-bond acceptors (Lipinski definition) is 6. The van der Waals surface area contributed by atoms with Gasteiger partial charge in [0.05, 0.1) is 40.8 Å². The molecule has 37 heavy (non-hydrogen) atoms. The number of rotatable bonds is 6. The van der Waals surface area contributed by atoms with E-state index < -0.39 is 23.6 Å². The lowest BCUT2D eigenvalue weighted by atomic mass is 9.98. The first-order valence-corrected chi connectivity index (χ1v) is 12.2. The molecule has 0 aromatic carbocycles. The number of aromatic nitrogens is 4. The van der Waals surface area contributed by atoms with Crippen LogP contribution in [0.25, 0.3) is 11.0 Å². The molecule has 3 aromatic rings. The number of fused-ring (bicyclic) bond motifs is 1. The van der Waals surface area contributed by atoms with Crippen LogP contribution in [0.5, 0.6) is 0 Å². The van der Waals surface area contributed by atoms with Crippen molar-refractivity contribution in [1.29, 1.82) is 5.26 Å². The topological polar surface area (TPSA) is 83.0 Å². The summed E-state index contributed by atoms with van der Waals surface area (Å²) in [5.41, 5.74) is 0.561. The molecule has 0 spiro atoms. The van der Waals surface area contributed by atoms with Gasteiger partial charge in [-0.15, -0.1) is 0 Å². The highest BCUT2D eigenvalue weighted by molar-refractivity contribution is 5.88. The minimum Gasteiger partial charge on any atom is -0.364 e. The highest BCUT2D eigenvalue weighted by Crippen LogP contribution is 2.36. The third-order valence-electron chi connectivity index (χ3n) is 7.25. The summed E-state index contributed by atoms with van der Waals surface area (Å²) < 4.78 is 56.8. The maximum absolute atomic E-state index is 14.8. The van der Waals surface area contributed by atoms with Crippen LogP contribution in [0.2, 0.25) is 0 Å². The zero-order valence-corrected chi connectivity index (χ0v) is 21.1. The Morgan fingerprint density at radius 1 is 1.19 bits per heavy atom. The maximum Gasteiger partial charge on any atom is 0.417 e. The number of piperazine rings is 1. The third-order valence-corrected chi connectivity index (χ3v) is 7.25. The third kappa shape index (κ3) is 4.92. The second-order valence-corrected chi connectivity index (χ2v) is 9.38. The SMILES string of the molecule is CC[C@H]1CN(C(C)c2ncc(C(F)(F)F)cc2F)[C@H](CC)CN1c1cc(=O)n(C)c2cn(CC#N)nc12. The van der Waals surface area contributed by atoms with E-state index in [4.69, 9.17) is 5.26 Å². The minimum absolute atomic E-state index is 0.0269. The number of anilines is 1. The summed E-state index contributed by atoms with van der Waals surface area (Å²) in [5, 5.41) is 13.7. The lowest BCUT2D eigenvalue weighted by Crippen LogP contribution is -2.59. The molecule has 0 bridgehead atoms. The van der Waals surface area contributed by atoms with Gasteiger partial charge in [0.25, 0.3) is 5.56 Å². The van der Waals surface area contributed by atoms with Crippen LogP contribution >= 0.6 is 0 Å². The molecule has 1 aliphatic heterocycles. The van der Waals surface area contributed by atoms with Crippen LogP contribution in [-0.2, 0) is 19.8 Å². The standard InChI is InChI=1S/C25H29F4N7O/c1-5-17-13-36(20-10-22(37)33(4)21-14-34(8-7-30)32-24(20)21)18(6-2)12-35(17)15(3)23-19(26)9-16(11-31-23)25(27,28)29/h9-11,14-15,17-18H,5-6,8,12-13H2,1-4H3/t15?,17-,18+/m1/s1. The van der Waals surface area contributed by atoms with Crippen molar-refractivity contribution in [3.8, 4) is 6.07 Å². The van der Waals surface area contributed by atoms with Gasteiger partial charge in [-0.1, -0.05) is 13.8 Å². The van der Waals surface area contributed by atoms with E-state index in [2.05, 4.69) is 26.0 Å². The van der Waals surface area contributed by atoms with Crippen molar-refractivity contribution in [3.63, 3.8) is 0 Å². The van der Waals surface area contributed by atoms with Gasteiger partial charge in [-0.25, -0.2) is 4.39 Å². The first-order chi connectivity index (χ1) is 17.5. The van der Waals surface area contributed by atoms with Crippen molar-refractivity contribution in [3.05, 3.63) is 52.0 Å². The number of alkyl halides is 3. The van der Waals surface area contributed by atoms with E-state index in [1.807, 2.05) is 13.8 Å².